The lowest BCUT2D eigenvalue weighted by molar-refractivity contribution is -0.139. The van der Waals surface area contributed by atoms with E-state index in [9.17, 15) is 23.6 Å². The van der Waals surface area contributed by atoms with Crippen molar-refractivity contribution in [1.82, 2.24) is 24.9 Å². The van der Waals surface area contributed by atoms with E-state index < -0.39 is 29.3 Å². The van der Waals surface area contributed by atoms with E-state index in [2.05, 4.69) is 10.4 Å². The number of piperidine rings is 1. The molecular weight excluding hydrogens is 515 g/mol. The van der Waals surface area contributed by atoms with Crippen LogP contribution in [-0.2, 0) is 16.6 Å². The van der Waals surface area contributed by atoms with Crippen LogP contribution in [0.1, 0.15) is 42.6 Å². The van der Waals surface area contributed by atoms with Gasteiger partial charge in [0, 0.05) is 44.5 Å². The highest BCUT2D eigenvalue weighted by Crippen LogP contribution is 2.41. The first kappa shape index (κ1) is 27.3. The molecule has 40 heavy (non-hydrogen) atoms. The Kier molecular flexibility index (Phi) is 6.85. The number of aromatic nitrogens is 2. The highest BCUT2D eigenvalue weighted by atomic mass is 19.1. The minimum atomic E-state index is -1.13. The lowest BCUT2D eigenvalue weighted by Crippen LogP contribution is -2.60. The van der Waals surface area contributed by atoms with Crippen molar-refractivity contribution in [3.05, 3.63) is 59.5 Å². The average Bonchev–Trinajstić information content (AvgIpc) is 3.38. The summed E-state index contributed by atoms with van der Waals surface area (Å²) < 4.78 is 16.0. The molecule has 11 heteroatoms. The molecule has 1 aromatic heterocycles. The number of imide groups is 1. The maximum atomic E-state index is 14.3. The Morgan fingerprint density at radius 3 is 2.42 bits per heavy atom. The van der Waals surface area contributed by atoms with E-state index in [0.717, 1.165) is 21.4 Å². The molecule has 3 heterocycles. The molecule has 2 fully saturated rings. The number of rotatable bonds is 5. The van der Waals surface area contributed by atoms with Crippen molar-refractivity contribution in [2.45, 2.75) is 45.2 Å². The third kappa shape index (κ3) is 4.48. The Balaban J connectivity index is 1.36. The van der Waals surface area contributed by atoms with Gasteiger partial charge in [-0.1, -0.05) is 25.5 Å². The molecule has 2 aromatic carbocycles. The number of likely N-dealkylation sites (tertiary alicyclic amines) is 1. The molecule has 5 amide bonds. The number of nitrogens with one attached hydrogen (secondary N) is 1. The maximum absolute atomic E-state index is 14.3. The number of hydrogen-bond donors (Lipinski definition) is 1. The van der Waals surface area contributed by atoms with Crippen molar-refractivity contribution >= 4 is 40.3 Å². The molecule has 2 aliphatic rings. The number of carbonyl (C=O) groups excluding carboxylic acids is 4. The normalized spacial score (nSPS) is 17.8. The SMILES string of the molecule is Cc1ccc(F)c(C(=O)N[C@@H](C(=O)N2CCC3(CC2)C(=O)N(C)C(=O)N3c2ccc3nn(C)cc3c2)C(C)C)c1. The van der Waals surface area contributed by atoms with Crippen LogP contribution in [-0.4, -0.2) is 75.1 Å². The first-order valence-electron chi connectivity index (χ1n) is 13.3. The molecule has 1 spiro atoms. The van der Waals surface area contributed by atoms with Crippen molar-refractivity contribution in [3.8, 4) is 0 Å². The fourth-order valence-corrected chi connectivity index (χ4v) is 5.74. The number of urea groups is 1. The molecule has 10 nitrogen and oxygen atoms in total. The van der Waals surface area contributed by atoms with Gasteiger partial charge in [0.25, 0.3) is 11.8 Å². The quantitative estimate of drug-likeness (QED) is 0.493. The van der Waals surface area contributed by atoms with E-state index in [1.807, 2.05) is 39.2 Å². The van der Waals surface area contributed by atoms with Gasteiger partial charge in [-0.3, -0.25) is 28.9 Å². The Labute approximate surface area is 231 Å². The van der Waals surface area contributed by atoms with E-state index in [1.165, 1.54) is 19.2 Å². The van der Waals surface area contributed by atoms with Crippen LogP contribution in [0.25, 0.3) is 10.9 Å². The second-order valence-electron chi connectivity index (χ2n) is 11.1. The molecule has 3 aromatic rings. The van der Waals surface area contributed by atoms with Crippen molar-refractivity contribution < 1.29 is 23.6 Å². The van der Waals surface area contributed by atoms with Gasteiger partial charge in [0.2, 0.25) is 5.91 Å². The molecule has 5 rings (SSSR count). The van der Waals surface area contributed by atoms with Crippen molar-refractivity contribution in [2.75, 3.05) is 25.0 Å². The standard InChI is InChI=1S/C29H33FN6O4/c1-17(2)24(31-25(37)21-14-18(3)6-8-22(21)30)26(38)35-12-10-29(11-13-35)27(39)34(5)28(40)36(29)20-7-9-23-19(15-20)16-33(4)32-23/h6-9,14-17,24H,10-13H2,1-5H3,(H,31,37)/t24-/m1/s1. The summed E-state index contributed by atoms with van der Waals surface area (Å²) in [5, 5.41) is 7.95. The summed E-state index contributed by atoms with van der Waals surface area (Å²) in [6.45, 7) is 5.82. The van der Waals surface area contributed by atoms with Gasteiger partial charge >= 0.3 is 6.03 Å². The second-order valence-corrected chi connectivity index (χ2v) is 11.1. The lowest BCUT2D eigenvalue weighted by Gasteiger charge is -2.43. The molecule has 210 valence electrons. The Morgan fingerprint density at radius 2 is 1.75 bits per heavy atom. The number of benzene rings is 2. The Bertz CT molecular complexity index is 1520. The summed E-state index contributed by atoms with van der Waals surface area (Å²) in [4.78, 5) is 57.6. The van der Waals surface area contributed by atoms with Crippen LogP contribution in [0.5, 0.6) is 0 Å². The number of fused-ring (bicyclic) bond motifs is 1. The summed E-state index contributed by atoms with van der Waals surface area (Å²) in [5.74, 6) is -2.18. The number of carbonyl (C=O) groups is 4. The van der Waals surface area contributed by atoms with Gasteiger partial charge in [0.05, 0.1) is 11.1 Å². The molecule has 0 radical (unpaired) electrons. The fraction of sp³-hybridized carbons (Fsp3) is 0.414. The van der Waals surface area contributed by atoms with E-state index in [0.29, 0.717) is 5.69 Å². The van der Waals surface area contributed by atoms with Crippen LogP contribution in [0.4, 0.5) is 14.9 Å². The zero-order valence-electron chi connectivity index (χ0n) is 23.3. The number of anilines is 1. The number of hydrogen-bond acceptors (Lipinski definition) is 5. The number of likely N-dealkylation sites (N-methyl/N-ethyl adjacent to an activating group) is 1. The average molecular weight is 549 g/mol. The zero-order valence-corrected chi connectivity index (χ0v) is 23.3. The Hall–Kier alpha value is -4.28. The van der Waals surface area contributed by atoms with Gasteiger partial charge in [0.15, 0.2) is 0 Å². The van der Waals surface area contributed by atoms with Crippen LogP contribution in [0.2, 0.25) is 0 Å². The summed E-state index contributed by atoms with van der Waals surface area (Å²) in [6.07, 6.45) is 2.33. The van der Waals surface area contributed by atoms with Crippen LogP contribution in [0, 0.1) is 18.7 Å². The highest BCUT2D eigenvalue weighted by molar-refractivity contribution is 6.17. The largest absolute Gasteiger partial charge is 0.341 e. The van der Waals surface area contributed by atoms with E-state index in [1.54, 1.807) is 33.5 Å². The fourth-order valence-electron chi connectivity index (χ4n) is 5.74. The monoisotopic (exact) mass is 548 g/mol. The van der Waals surface area contributed by atoms with Gasteiger partial charge in [-0.2, -0.15) is 5.10 Å². The lowest BCUT2D eigenvalue weighted by atomic mass is 9.85. The second kappa shape index (κ2) is 10.0. The van der Waals surface area contributed by atoms with E-state index >= 15 is 0 Å². The maximum Gasteiger partial charge on any atom is 0.331 e. The highest BCUT2D eigenvalue weighted by Gasteiger charge is 2.58. The number of nitrogens with zero attached hydrogens (tertiary/aromatic N) is 5. The molecule has 0 aliphatic carbocycles. The number of halogens is 1. The summed E-state index contributed by atoms with van der Waals surface area (Å²) in [7, 11) is 3.29. The van der Waals surface area contributed by atoms with Gasteiger partial charge in [-0.25, -0.2) is 9.18 Å². The minimum Gasteiger partial charge on any atom is -0.341 e. The van der Waals surface area contributed by atoms with Crippen LogP contribution >= 0.6 is 0 Å². The van der Waals surface area contributed by atoms with Gasteiger partial charge in [0.1, 0.15) is 17.4 Å². The van der Waals surface area contributed by atoms with Crippen molar-refractivity contribution in [1.29, 1.82) is 0 Å². The van der Waals surface area contributed by atoms with Crippen molar-refractivity contribution in [2.24, 2.45) is 13.0 Å². The molecule has 0 bridgehead atoms. The molecule has 1 N–H and O–H groups in total. The molecule has 2 saturated heterocycles. The van der Waals surface area contributed by atoms with Crippen LogP contribution in [0.15, 0.2) is 42.6 Å². The van der Waals surface area contributed by atoms with Crippen molar-refractivity contribution in [3.63, 3.8) is 0 Å². The van der Waals surface area contributed by atoms with Gasteiger partial charge in [-0.15, -0.1) is 0 Å². The Morgan fingerprint density at radius 1 is 1.05 bits per heavy atom. The first-order chi connectivity index (χ1) is 18.9. The van der Waals surface area contributed by atoms with Crippen LogP contribution in [0.3, 0.4) is 0 Å². The first-order valence-corrected chi connectivity index (χ1v) is 13.3. The van der Waals surface area contributed by atoms with E-state index in [4.69, 9.17) is 0 Å². The van der Waals surface area contributed by atoms with E-state index in [-0.39, 0.29) is 49.2 Å². The number of amides is 5. The van der Waals surface area contributed by atoms with Gasteiger partial charge in [-0.05, 0) is 56.0 Å². The molecule has 0 saturated carbocycles. The topological polar surface area (TPSA) is 108 Å². The predicted octanol–water partition coefficient (Wildman–Crippen LogP) is 3.24. The summed E-state index contributed by atoms with van der Waals surface area (Å²) in [5.41, 5.74) is 0.859. The minimum absolute atomic E-state index is 0.115. The summed E-state index contributed by atoms with van der Waals surface area (Å²) >= 11 is 0. The molecule has 2 aliphatic heterocycles. The zero-order chi connectivity index (χ0) is 28.9. The molecule has 0 unspecified atom stereocenters. The van der Waals surface area contributed by atoms with Crippen LogP contribution < -0.4 is 10.2 Å². The molecule has 1 atom stereocenters. The smallest absolute Gasteiger partial charge is 0.331 e. The third-order valence-electron chi connectivity index (χ3n) is 7.96. The summed E-state index contributed by atoms with van der Waals surface area (Å²) in [6, 6.07) is 8.41. The van der Waals surface area contributed by atoms with Gasteiger partial charge < -0.3 is 10.2 Å². The molecular formula is C29H33FN6O4. The number of aryl methyl sites for hydroxylation is 2. The predicted molar refractivity (Wildman–Crippen MR) is 147 cm³/mol. The third-order valence-corrected chi connectivity index (χ3v) is 7.96.